The molecular weight excluding hydrogens is 255 g/mol. The lowest BCUT2D eigenvalue weighted by Crippen LogP contribution is -1.74. The van der Waals surface area contributed by atoms with Gasteiger partial charge in [-0.1, -0.05) is 6.07 Å². The number of rotatable bonds is 1. The van der Waals surface area contributed by atoms with Gasteiger partial charge in [0.1, 0.15) is 0 Å². The predicted molar refractivity (Wildman–Crippen MR) is 55.4 cm³/mol. The lowest BCUT2D eigenvalue weighted by molar-refractivity contribution is 0.285. The average Bonchev–Trinajstić information content (AvgIpc) is 2.55. The van der Waals surface area contributed by atoms with E-state index in [0.717, 1.165) is 10.3 Å². The first-order valence-corrected chi connectivity index (χ1v) is 5.30. The van der Waals surface area contributed by atoms with Gasteiger partial charge in [0.25, 0.3) is 0 Å². The van der Waals surface area contributed by atoms with Crippen LogP contribution in [0.3, 0.4) is 0 Å². The highest BCUT2D eigenvalue weighted by molar-refractivity contribution is 9.10. The van der Waals surface area contributed by atoms with Gasteiger partial charge in [0, 0.05) is 4.88 Å². The standard InChI is InChI=1S/C9H6BrFOS/c10-7-2-1-5-3-6(4-12)13-9(5)8(7)11/h1-3,12H,4H2. The van der Waals surface area contributed by atoms with Gasteiger partial charge in [0.15, 0.2) is 5.82 Å². The van der Waals surface area contributed by atoms with Crippen molar-refractivity contribution < 1.29 is 9.50 Å². The van der Waals surface area contributed by atoms with Gasteiger partial charge in [-0.25, -0.2) is 4.39 Å². The quantitative estimate of drug-likeness (QED) is 0.835. The molecule has 13 heavy (non-hydrogen) atoms. The van der Waals surface area contributed by atoms with Gasteiger partial charge in [0.05, 0.1) is 15.8 Å². The van der Waals surface area contributed by atoms with Gasteiger partial charge in [-0.05, 0) is 33.4 Å². The Bertz CT molecular complexity index is 452. The van der Waals surface area contributed by atoms with Crippen molar-refractivity contribution in [1.82, 2.24) is 0 Å². The van der Waals surface area contributed by atoms with Crippen molar-refractivity contribution in [1.29, 1.82) is 0 Å². The summed E-state index contributed by atoms with van der Waals surface area (Å²) < 4.78 is 14.5. The first kappa shape index (κ1) is 9.12. The largest absolute Gasteiger partial charge is 0.391 e. The monoisotopic (exact) mass is 260 g/mol. The van der Waals surface area contributed by atoms with Gasteiger partial charge in [-0.15, -0.1) is 11.3 Å². The zero-order valence-corrected chi connectivity index (χ0v) is 8.95. The SMILES string of the molecule is OCc1cc2ccc(Br)c(F)c2s1. The van der Waals surface area contributed by atoms with Gasteiger partial charge in [-0.2, -0.15) is 0 Å². The highest BCUT2D eigenvalue weighted by Gasteiger charge is 2.08. The molecule has 0 aliphatic heterocycles. The van der Waals surface area contributed by atoms with Gasteiger partial charge in [0.2, 0.25) is 0 Å². The topological polar surface area (TPSA) is 20.2 Å². The summed E-state index contributed by atoms with van der Waals surface area (Å²) in [5.41, 5.74) is 0. The lowest BCUT2D eigenvalue weighted by atomic mass is 10.2. The second-order valence-electron chi connectivity index (χ2n) is 2.65. The van der Waals surface area contributed by atoms with Crippen molar-refractivity contribution in [3.05, 3.63) is 33.4 Å². The first-order chi connectivity index (χ1) is 6.22. The van der Waals surface area contributed by atoms with Crippen LogP contribution in [0.1, 0.15) is 4.88 Å². The summed E-state index contributed by atoms with van der Waals surface area (Å²) in [7, 11) is 0. The Morgan fingerprint density at radius 1 is 1.46 bits per heavy atom. The molecule has 0 amide bonds. The molecule has 0 fully saturated rings. The predicted octanol–water partition coefficient (Wildman–Crippen LogP) is 3.30. The van der Waals surface area contributed by atoms with Crippen LogP contribution >= 0.6 is 27.3 Å². The molecule has 0 saturated carbocycles. The fraction of sp³-hybridized carbons (Fsp3) is 0.111. The molecule has 0 aliphatic carbocycles. The molecule has 4 heteroatoms. The molecule has 0 bridgehead atoms. The van der Waals surface area contributed by atoms with Crippen LogP contribution in [0.4, 0.5) is 4.39 Å². The van der Waals surface area contributed by atoms with Crippen molar-refractivity contribution in [2.75, 3.05) is 0 Å². The molecule has 0 saturated heterocycles. The molecule has 0 radical (unpaired) electrons. The highest BCUT2D eigenvalue weighted by atomic mass is 79.9. The van der Waals surface area contributed by atoms with Crippen LogP contribution in [0.25, 0.3) is 10.1 Å². The van der Waals surface area contributed by atoms with Crippen LogP contribution in [-0.4, -0.2) is 5.11 Å². The number of aliphatic hydroxyl groups excluding tert-OH is 1. The average molecular weight is 261 g/mol. The molecule has 1 aromatic carbocycles. The van der Waals surface area contributed by atoms with E-state index < -0.39 is 0 Å². The summed E-state index contributed by atoms with van der Waals surface area (Å²) in [5, 5.41) is 9.72. The lowest BCUT2D eigenvalue weighted by Gasteiger charge is -1.93. The van der Waals surface area contributed by atoms with E-state index in [4.69, 9.17) is 5.11 Å². The molecule has 0 aliphatic rings. The number of fused-ring (bicyclic) bond motifs is 1. The third-order valence-electron chi connectivity index (χ3n) is 1.79. The van der Waals surface area contributed by atoms with Crippen LogP contribution in [-0.2, 0) is 6.61 Å². The zero-order valence-electron chi connectivity index (χ0n) is 6.55. The molecule has 2 aromatic rings. The molecule has 0 unspecified atom stereocenters. The Morgan fingerprint density at radius 3 is 2.92 bits per heavy atom. The van der Waals surface area contributed by atoms with Gasteiger partial charge in [-0.3, -0.25) is 0 Å². The van der Waals surface area contributed by atoms with Crippen molar-refractivity contribution >= 4 is 37.4 Å². The van der Waals surface area contributed by atoms with Crippen LogP contribution in [0.2, 0.25) is 0 Å². The van der Waals surface area contributed by atoms with Gasteiger partial charge >= 0.3 is 0 Å². The normalized spacial score (nSPS) is 11.0. The van der Waals surface area contributed by atoms with E-state index in [2.05, 4.69) is 15.9 Å². The molecule has 1 aromatic heterocycles. The minimum Gasteiger partial charge on any atom is -0.391 e. The van der Waals surface area contributed by atoms with E-state index in [1.807, 2.05) is 6.07 Å². The number of halogens is 2. The maximum absolute atomic E-state index is 13.4. The zero-order chi connectivity index (χ0) is 9.42. The highest BCUT2D eigenvalue weighted by Crippen LogP contribution is 2.31. The molecule has 1 nitrogen and oxygen atoms in total. The fourth-order valence-corrected chi connectivity index (χ4v) is 2.59. The molecule has 0 atom stereocenters. The van der Waals surface area contributed by atoms with Crippen molar-refractivity contribution in [3.63, 3.8) is 0 Å². The summed E-state index contributed by atoms with van der Waals surface area (Å²) in [6, 6.07) is 5.30. The minimum absolute atomic E-state index is 0.0313. The van der Waals surface area contributed by atoms with Crippen molar-refractivity contribution in [2.45, 2.75) is 6.61 Å². The van der Waals surface area contributed by atoms with E-state index >= 15 is 0 Å². The Kier molecular flexibility index (Phi) is 2.36. The molecule has 68 valence electrons. The van der Waals surface area contributed by atoms with Crippen LogP contribution in [0, 0.1) is 5.82 Å². The number of hydrogen-bond donors (Lipinski definition) is 1. The fourth-order valence-electron chi connectivity index (χ4n) is 1.18. The van der Waals surface area contributed by atoms with E-state index in [1.54, 1.807) is 12.1 Å². The van der Waals surface area contributed by atoms with Gasteiger partial charge < -0.3 is 5.11 Å². The molecular formula is C9H6BrFOS. The smallest absolute Gasteiger partial charge is 0.155 e. The molecule has 2 rings (SSSR count). The summed E-state index contributed by atoms with van der Waals surface area (Å²) in [4.78, 5) is 0.784. The third-order valence-corrected chi connectivity index (χ3v) is 3.53. The maximum Gasteiger partial charge on any atom is 0.155 e. The van der Waals surface area contributed by atoms with Crippen LogP contribution in [0.5, 0.6) is 0 Å². The van der Waals surface area contributed by atoms with Crippen molar-refractivity contribution in [3.8, 4) is 0 Å². The third kappa shape index (κ3) is 1.49. The Morgan fingerprint density at radius 2 is 2.23 bits per heavy atom. The maximum atomic E-state index is 13.4. The van der Waals surface area contributed by atoms with E-state index in [9.17, 15) is 4.39 Å². The second-order valence-corrected chi connectivity index (χ2v) is 4.64. The Labute approximate surface area is 86.9 Å². The Hall–Kier alpha value is -0.450. The van der Waals surface area contributed by atoms with Crippen LogP contribution < -0.4 is 0 Å². The molecule has 1 N–H and O–H groups in total. The van der Waals surface area contributed by atoms with E-state index in [-0.39, 0.29) is 12.4 Å². The number of benzene rings is 1. The van der Waals surface area contributed by atoms with Crippen molar-refractivity contribution in [2.24, 2.45) is 0 Å². The number of aliphatic hydroxyl groups is 1. The van der Waals surface area contributed by atoms with E-state index in [0.29, 0.717) is 9.17 Å². The minimum atomic E-state index is -0.248. The number of thiophene rings is 1. The summed E-state index contributed by atoms with van der Waals surface area (Å²) >= 11 is 4.40. The van der Waals surface area contributed by atoms with E-state index in [1.165, 1.54) is 11.3 Å². The summed E-state index contributed by atoms with van der Waals surface area (Å²) in [6.07, 6.45) is 0. The molecule has 1 heterocycles. The second kappa shape index (κ2) is 3.36. The molecule has 0 spiro atoms. The van der Waals surface area contributed by atoms with Crippen LogP contribution in [0.15, 0.2) is 22.7 Å². The summed E-state index contributed by atoms with van der Waals surface area (Å²) in [5.74, 6) is -0.248. The number of hydrogen-bond acceptors (Lipinski definition) is 2. The Balaban J connectivity index is 2.76. The first-order valence-electron chi connectivity index (χ1n) is 3.69. The summed E-state index contributed by atoms with van der Waals surface area (Å²) in [6.45, 7) is -0.0313.